The van der Waals surface area contributed by atoms with Crippen molar-refractivity contribution in [1.82, 2.24) is 9.55 Å². The monoisotopic (exact) mass is 329 g/mol. The van der Waals surface area contributed by atoms with E-state index in [1.807, 2.05) is 0 Å². The Hall–Kier alpha value is -1.49. The summed E-state index contributed by atoms with van der Waals surface area (Å²) in [5.41, 5.74) is 7.36. The molecule has 0 aliphatic carbocycles. The first-order chi connectivity index (χ1) is 9.49. The summed E-state index contributed by atoms with van der Waals surface area (Å²) < 4.78 is 15.2. The molecule has 20 heavy (non-hydrogen) atoms. The van der Waals surface area contributed by atoms with Crippen molar-refractivity contribution in [2.75, 3.05) is 5.73 Å². The zero-order valence-electron chi connectivity index (χ0n) is 9.87. The number of anilines is 1. The molecule has 0 fully saturated rings. The largest absolute Gasteiger partial charge is 0.369 e. The normalized spacial score (nSPS) is 11.2. The van der Waals surface area contributed by atoms with E-state index in [-0.39, 0.29) is 11.0 Å². The summed E-state index contributed by atoms with van der Waals surface area (Å²) in [5, 5.41) is 0.676. The van der Waals surface area contributed by atoms with E-state index < -0.39 is 5.82 Å². The molecule has 0 unspecified atom stereocenters. The van der Waals surface area contributed by atoms with Crippen LogP contribution in [0.25, 0.3) is 16.7 Å². The van der Waals surface area contributed by atoms with Gasteiger partial charge in [-0.25, -0.2) is 9.37 Å². The van der Waals surface area contributed by atoms with E-state index in [1.165, 1.54) is 16.7 Å². The topological polar surface area (TPSA) is 43.8 Å². The Morgan fingerprint density at radius 1 is 1.10 bits per heavy atom. The average Bonchev–Trinajstić information content (AvgIpc) is 2.69. The molecule has 0 aliphatic heterocycles. The van der Waals surface area contributed by atoms with Crippen molar-refractivity contribution in [2.24, 2.45) is 0 Å². The van der Waals surface area contributed by atoms with Crippen molar-refractivity contribution in [2.45, 2.75) is 0 Å². The number of nitrogen functional groups attached to an aromatic ring is 1. The zero-order chi connectivity index (χ0) is 14.4. The molecular weight excluding hydrogens is 324 g/mol. The SMILES string of the molecule is Nc1nc2cc(Cl)c(F)cc2n1-c1cccc(Cl)c1Cl. The van der Waals surface area contributed by atoms with Crippen LogP contribution in [-0.4, -0.2) is 9.55 Å². The van der Waals surface area contributed by atoms with Crippen LogP contribution >= 0.6 is 34.8 Å². The maximum absolute atomic E-state index is 13.7. The third-order valence-electron chi connectivity index (χ3n) is 2.89. The number of halogens is 4. The van der Waals surface area contributed by atoms with Gasteiger partial charge in [-0.3, -0.25) is 4.57 Å². The van der Waals surface area contributed by atoms with Gasteiger partial charge < -0.3 is 5.73 Å². The van der Waals surface area contributed by atoms with Crippen molar-refractivity contribution in [3.63, 3.8) is 0 Å². The highest BCUT2D eigenvalue weighted by atomic mass is 35.5. The van der Waals surface area contributed by atoms with Crippen LogP contribution in [-0.2, 0) is 0 Å². The van der Waals surface area contributed by atoms with E-state index in [0.717, 1.165) is 0 Å². The first-order valence-corrected chi connectivity index (χ1v) is 6.70. The first-order valence-electron chi connectivity index (χ1n) is 5.56. The highest BCUT2D eigenvalue weighted by molar-refractivity contribution is 6.43. The van der Waals surface area contributed by atoms with Gasteiger partial charge >= 0.3 is 0 Å². The summed E-state index contributed by atoms with van der Waals surface area (Å²) in [5.74, 6) is -0.385. The lowest BCUT2D eigenvalue weighted by Gasteiger charge is -2.09. The second-order valence-corrected chi connectivity index (χ2v) is 5.33. The molecule has 0 radical (unpaired) electrons. The predicted octanol–water partition coefficient (Wildman–Crippen LogP) is 4.71. The van der Waals surface area contributed by atoms with Crippen molar-refractivity contribution < 1.29 is 4.39 Å². The fourth-order valence-corrected chi connectivity index (χ4v) is 2.55. The van der Waals surface area contributed by atoms with Crippen LogP contribution in [0.3, 0.4) is 0 Å². The summed E-state index contributed by atoms with van der Waals surface area (Å²) in [4.78, 5) is 4.15. The molecule has 3 nitrogen and oxygen atoms in total. The molecule has 2 N–H and O–H groups in total. The van der Waals surface area contributed by atoms with Crippen molar-refractivity contribution in [3.8, 4) is 5.69 Å². The second-order valence-electron chi connectivity index (χ2n) is 4.13. The van der Waals surface area contributed by atoms with Gasteiger partial charge in [0.05, 0.1) is 31.8 Å². The smallest absolute Gasteiger partial charge is 0.205 e. The Morgan fingerprint density at radius 2 is 1.85 bits per heavy atom. The van der Waals surface area contributed by atoms with Gasteiger partial charge in [0.2, 0.25) is 5.95 Å². The Kier molecular flexibility index (Phi) is 3.24. The minimum absolute atomic E-state index is 0.0145. The van der Waals surface area contributed by atoms with Gasteiger partial charge in [-0.1, -0.05) is 40.9 Å². The molecule has 0 amide bonds. The molecule has 1 aromatic heterocycles. The lowest BCUT2D eigenvalue weighted by Crippen LogP contribution is -2.01. The van der Waals surface area contributed by atoms with Gasteiger partial charge in [0, 0.05) is 6.07 Å². The van der Waals surface area contributed by atoms with Crippen molar-refractivity contribution in [3.05, 3.63) is 51.2 Å². The van der Waals surface area contributed by atoms with Gasteiger partial charge in [-0.2, -0.15) is 0 Å². The summed E-state index contributed by atoms with van der Waals surface area (Å²) >= 11 is 17.9. The molecular formula is C13H7Cl3FN3. The van der Waals surface area contributed by atoms with Crippen LogP contribution in [0.15, 0.2) is 30.3 Å². The highest BCUT2D eigenvalue weighted by Gasteiger charge is 2.16. The summed E-state index contributed by atoms with van der Waals surface area (Å²) in [7, 11) is 0. The molecule has 3 aromatic rings. The lowest BCUT2D eigenvalue weighted by molar-refractivity contribution is 0.629. The Labute approximate surface area is 128 Å². The fourth-order valence-electron chi connectivity index (χ4n) is 2.01. The van der Waals surface area contributed by atoms with E-state index >= 15 is 0 Å². The highest BCUT2D eigenvalue weighted by Crippen LogP contribution is 2.33. The minimum Gasteiger partial charge on any atom is -0.369 e. The van der Waals surface area contributed by atoms with E-state index in [4.69, 9.17) is 40.5 Å². The molecule has 0 saturated carbocycles. The molecule has 1 heterocycles. The molecule has 0 atom stereocenters. The first kappa shape index (κ1) is 13.5. The number of hydrogen-bond acceptors (Lipinski definition) is 2. The predicted molar refractivity (Wildman–Crippen MR) is 80.5 cm³/mol. The molecule has 3 rings (SSSR count). The van der Waals surface area contributed by atoms with Crippen LogP contribution in [0.5, 0.6) is 0 Å². The fraction of sp³-hybridized carbons (Fsp3) is 0. The average molecular weight is 331 g/mol. The number of nitrogens with zero attached hydrogens (tertiary/aromatic N) is 2. The molecule has 0 aliphatic rings. The number of benzene rings is 2. The van der Waals surface area contributed by atoms with Gasteiger partial charge in [-0.15, -0.1) is 0 Å². The maximum Gasteiger partial charge on any atom is 0.205 e. The molecule has 7 heteroatoms. The second kappa shape index (κ2) is 4.81. The summed E-state index contributed by atoms with van der Waals surface area (Å²) in [6.45, 7) is 0. The molecule has 2 aromatic carbocycles. The standard InChI is InChI=1S/C13H7Cl3FN3/c14-6-2-1-3-10(12(6)16)20-11-5-8(17)7(15)4-9(11)19-13(20)18/h1-5H,(H2,18,19). The van der Waals surface area contributed by atoms with Crippen LogP contribution in [0, 0.1) is 5.82 Å². The third kappa shape index (κ3) is 2.00. The molecule has 0 bridgehead atoms. The summed E-state index contributed by atoms with van der Waals surface area (Å²) in [6.07, 6.45) is 0. The molecule has 102 valence electrons. The number of nitrogens with two attached hydrogens (primary N) is 1. The number of aromatic nitrogens is 2. The van der Waals surface area contributed by atoms with Gasteiger partial charge in [-0.05, 0) is 18.2 Å². The van der Waals surface area contributed by atoms with Crippen LogP contribution in [0.1, 0.15) is 0 Å². The Bertz CT molecular complexity index is 829. The van der Waals surface area contributed by atoms with Crippen LogP contribution in [0.4, 0.5) is 10.3 Å². The Morgan fingerprint density at radius 3 is 2.60 bits per heavy atom. The van der Waals surface area contributed by atoms with E-state index in [1.54, 1.807) is 18.2 Å². The number of fused-ring (bicyclic) bond motifs is 1. The number of rotatable bonds is 1. The minimum atomic E-state index is -0.557. The quantitative estimate of drug-likeness (QED) is 0.702. The van der Waals surface area contributed by atoms with Gasteiger partial charge in [0.25, 0.3) is 0 Å². The zero-order valence-corrected chi connectivity index (χ0v) is 12.1. The lowest BCUT2D eigenvalue weighted by atomic mass is 10.2. The van der Waals surface area contributed by atoms with Crippen LogP contribution < -0.4 is 5.73 Å². The van der Waals surface area contributed by atoms with Crippen molar-refractivity contribution in [1.29, 1.82) is 0 Å². The number of hydrogen-bond donors (Lipinski definition) is 1. The van der Waals surface area contributed by atoms with Crippen molar-refractivity contribution >= 4 is 51.8 Å². The van der Waals surface area contributed by atoms with Gasteiger partial charge in [0.15, 0.2) is 0 Å². The number of imidazole rings is 1. The third-order valence-corrected chi connectivity index (χ3v) is 3.99. The van der Waals surface area contributed by atoms with E-state index in [9.17, 15) is 4.39 Å². The molecule has 0 spiro atoms. The summed E-state index contributed by atoms with van der Waals surface area (Å²) in [6, 6.07) is 7.77. The maximum atomic E-state index is 13.7. The molecule has 0 saturated heterocycles. The van der Waals surface area contributed by atoms with Crippen LogP contribution in [0.2, 0.25) is 15.1 Å². The Balaban J connectivity index is 2.39. The van der Waals surface area contributed by atoms with Gasteiger partial charge in [0.1, 0.15) is 5.82 Å². The van der Waals surface area contributed by atoms with E-state index in [2.05, 4.69) is 4.98 Å². The van der Waals surface area contributed by atoms with E-state index in [0.29, 0.717) is 26.8 Å².